The smallest absolute Gasteiger partial charge is 0.128 e. The van der Waals surface area contributed by atoms with E-state index in [1.54, 1.807) is 0 Å². The molecule has 2 heteroatoms. The zero-order valence-corrected chi connectivity index (χ0v) is 12.7. The molecule has 0 radical (unpaired) electrons. The third-order valence-electron chi connectivity index (χ3n) is 5.33. The number of aliphatic hydroxyl groups is 1. The average molecular weight is 294 g/mol. The minimum atomic E-state index is -0.944. The van der Waals surface area contributed by atoms with Crippen LogP contribution in [0.5, 0.6) is 0 Å². The second-order valence-corrected chi connectivity index (χ2v) is 6.63. The molecular formula is C20H22O2. The van der Waals surface area contributed by atoms with Crippen LogP contribution in [0, 0.1) is 0 Å². The van der Waals surface area contributed by atoms with Crippen molar-refractivity contribution in [3.8, 4) is 0 Å². The van der Waals surface area contributed by atoms with E-state index >= 15 is 0 Å². The zero-order chi connectivity index (χ0) is 15.0. The molecule has 0 aromatic heterocycles. The van der Waals surface area contributed by atoms with Crippen molar-refractivity contribution in [2.45, 2.75) is 49.4 Å². The lowest BCUT2D eigenvalue weighted by molar-refractivity contribution is -0.0495. The maximum absolute atomic E-state index is 11.7. The Morgan fingerprint density at radius 2 is 1.68 bits per heavy atom. The molecule has 3 atom stereocenters. The fourth-order valence-electron chi connectivity index (χ4n) is 4.12. The van der Waals surface area contributed by atoms with Crippen molar-refractivity contribution in [3.63, 3.8) is 0 Å². The third-order valence-corrected chi connectivity index (χ3v) is 5.33. The van der Waals surface area contributed by atoms with Crippen LogP contribution in [0.2, 0.25) is 0 Å². The standard InChI is InChI=1S/C20H22O2/c21-19(17-11-5-2-6-12-17,15-16-9-3-1-4-10-16)20-14-8-7-13-18(20)22-20/h1-6,9-12,18,21H,7-8,13-15H2/t18-,19-,20+/m1/s1. The zero-order valence-electron chi connectivity index (χ0n) is 12.7. The van der Waals surface area contributed by atoms with Crippen molar-refractivity contribution in [1.29, 1.82) is 0 Å². The molecule has 2 aliphatic rings. The van der Waals surface area contributed by atoms with Crippen molar-refractivity contribution in [3.05, 3.63) is 71.8 Å². The predicted octanol–water partition coefficient (Wildman–Crippen LogP) is 3.83. The Balaban J connectivity index is 1.75. The summed E-state index contributed by atoms with van der Waals surface area (Å²) in [4.78, 5) is 0. The molecule has 114 valence electrons. The van der Waals surface area contributed by atoms with Crippen LogP contribution in [0.3, 0.4) is 0 Å². The molecule has 1 N–H and O–H groups in total. The van der Waals surface area contributed by atoms with E-state index in [1.165, 1.54) is 6.42 Å². The summed E-state index contributed by atoms with van der Waals surface area (Å²) >= 11 is 0. The van der Waals surface area contributed by atoms with E-state index in [-0.39, 0.29) is 11.7 Å². The van der Waals surface area contributed by atoms with E-state index in [0.29, 0.717) is 6.42 Å². The fraction of sp³-hybridized carbons (Fsp3) is 0.400. The van der Waals surface area contributed by atoms with Crippen molar-refractivity contribution < 1.29 is 9.84 Å². The molecular weight excluding hydrogens is 272 g/mol. The molecule has 4 rings (SSSR count). The van der Waals surface area contributed by atoms with E-state index in [2.05, 4.69) is 12.1 Å². The Labute approximate surface area is 131 Å². The van der Waals surface area contributed by atoms with Crippen molar-refractivity contribution in [2.24, 2.45) is 0 Å². The number of rotatable bonds is 4. The third kappa shape index (κ3) is 2.10. The quantitative estimate of drug-likeness (QED) is 0.869. The molecule has 1 aliphatic carbocycles. The highest BCUT2D eigenvalue weighted by atomic mass is 16.6. The molecule has 1 saturated heterocycles. The number of hydrogen-bond acceptors (Lipinski definition) is 2. The molecule has 22 heavy (non-hydrogen) atoms. The Kier molecular flexibility index (Phi) is 3.32. The predicted molar refractivity (Wildman–Crippen MR) is 86.6 cm³/mol. The summed E-state index contributed by atoms with van der Waals surface area (Å²) in [6.45, 7) is 0. The number of ether oxygens (including phenoxy) is 1. The molecule has 0 amide bonds. The summed E-state index contributed by atoms with van der Waals surface area (Å²) in [6.07, 6.45) is 5.20. The second kappa shape index (κ2) is 5.22. The topological polar surface area (TPSA) is 32.8 Å². The minimum absolute atomic E-state index is 0.218. The lowest BCUT2D eigenvalue weighted by atomic mass is 9.70. The van der Waals surface area contributed by atoms with E-state index in [1.807, 2.05) is 48.5 Å². The largest absolute Gasteiger partial charge is 0.382 e. The van der Waals surface area contributed by atoms with Gasteiger partial charge in [-0.2, -0.15) is 0 Å². The Morgan fingerprint density at radius 1 is 1.00 bits per heavy atom. The Hall–Kier alpha value is -1.64. The summed E-state index contributed by atoms with van der Waals surface area (Å²) in [7, 11) is 0. The first-order chi connectivity index (χ1) is 10.7. The molecule has 2 fully saturated rings. The fourth-order valence-corrected chi connectivity index (χ4v) is 4.12. The monoisotopic (exact) mass is 294 g/mol. The van der Waals surface area contributed by atoms with Gasteiger partial charge in [0.2, 0.25) is 0 Å². The molecule has 0 spiro atoms. The van der Waals surface area contributed by atoms with Crippen LogP contribution in [-0.4, -0.2) is 16.8 Å². The maximum Gasteiger partial charge on any atom is 0.128 e. The maximum atomic E-state index is 11.7. The van der Waals surface area contributed by atoms with Gasteiger partial charge in [-0.05, 0) is 24.0 Å². The van der Waals surface area contributed by atoms with Crippen LogP contribution in [0.25, 0.3) is 0 Å². The summed E-state index contributed by atoms with van der Waals surface area (Å²) in [6, 6.07) is 20.3. The second-order valence-electron chi connectivity index (χ2n) is 6.63. The molecule has 1 aliphatic heterocycles. The molecule has 1 heterocycles. The van der Waals surface area contributed by atoms with E-state index in [9.17, 15) is 5.11 Å². The summed E-state index contributed by atoms with van der Waals surface area (Å²) in [5, 5.41) is 11.7. The highest BCUT2D eigenvalue weighted by molar-refractivity contribution is 5.35. The van der Waals surface area contributed by atoms with Gasteiger partial charge >= 0.3 is 0 Å². The summed E-state index contributed by atoms with van der Waals surface area (Å²) in [5.74, 6) is 0. The van der Waals surface area contributed by atoms with Gasteiger partial charge in [0.05, 0.1) is 6.10 Å². The lowest BCUT2D eigenvalue weighted by Crippen LogP contribution is -2.47. The highest BCUT2D eigenvalue weighted by Crippen LogP contribution is 2.58. The van der Waals surface area contributed by atoms with Crippen LogP contribution in [0.15, 0.2) is 60.7 Å². The number of benzene rings is 2. The first-order valence-electron chi connectivity index (χ1n) is 8.24. The van der Waals surface area contributed by atoms with Gasteiger partial charge in [0, 0.05) is 6.42 Å². The SMILES string of the molecule is O[C@](Cc1ccccc1)(c1ccccc1)[C@]12CCCC[C@H]1O2. The van der Waals surface area contributed by atoms with Crippen LogP contribution < -0.4 is 0 Å². The van der Waals surface area contributed by atoms with Gasteiger partial charge in [-0.25, -0.2) is 0 Å². The summed E-state index contributed by atoms with van der Waals surface area (Å²) < 4.78 is 6.11. The highest BCUT2D eigenvalue weighted by Gasteiger charge is 2.69. The average Bonchev–Trinajstić information content (AvgIpc) is 3.33. The Bertz CT molecular complexity index is 639. The molecule has 0 bridgehead atoms. The van der Waals surface area contributed by atoms with E-state index < -0.39 is 5.60 Å². The van der Waals surface area contributed by atoms with Gasteiger partial charge in [0.15, 0.2) is 0 Å². The van der Waals surface area contributed by atoms with Gasteiger partial charge in [0.1, 0.15) is 11.2 Å². The van der Waals surface area contributed by atoms with Crippen LogP contribution in [0.4, 0.5) is 0 Å². The van der Waals surface area contributed by atoms with Gasteiger partial charge in [-0.3, -0.25) is 0 Å². The van der Waals surface area contributed by atoms with Gasteiger partial charge in [-0.15, -0.1) is 0 Å². The van der Waals surface area contributed by atoms with Crippen LogP contribution in [0.1, 0.15) is 36.8 Å². The van der Waals surface area contributed by atoms with E-state index in [4.69, 9.17) is 4.74 Å². The van der Waals surface area contributed by atoms with Gasteiger partial charge in [0.25, 0.3) is 0 Å². The summed E-state index contributed by atoms with van der Waals surface area (Å²) in [5.41, 5.74) is 0.801. The van der Waals surface area contributed by atoms with Crippen LogP contribution in [-0.2, 0) is 16.8 Å². The first-order valence-corrected chi connectivity index (χ1v) is 8.24. The van der Waals surface area contributed by atoms with Crippen molar-refractivity contribution >= 4 is 0 Å². The molecule has 1 saturated carbocycles. The normalized spacial score (nSPS) is 29.4. The Morgan fingerprint density at radius 3 is 2.36 bits per heavy atom. The molecule has 2 aromatic carbocycles. The minimum Gasteiger partial charge on any atom is -0.382 e. The number of epoxide rings is 1. The lowest BCUT2D eigenvalue weighted by Gasteiger charge is -2.37. The van der Waals surface area contributed by atoms with Crippen molar-refractivity contribution in [1.82, 2.24) is 0 Å². The number of hydrogen-bond donors (Lipinski definition) is 1. The molecule has 2 aromatic rings. The van der Waals surface area contributed by atoms with Gasteiger partial charge < -0.3 is 9.84 Å². The van der Waals surface area contributed by atoms with Crippen molar-refractivity contribution in [2.75, 3.05) is 0 Å². The molecule has 2 nitrogen and oxygen atoms in total. The number of fused-ring (bicyclic) bond motifs is 1. The van der Waals surface area contributed by atoms with E-state index in [0.717, 1.165) is 30.4 Å². The van der Waals surface area contributed by atoms with Gasteiger partial charge in [-0.1, -0.05) is 73.5 Å². The van der Waals surface area contributed by atoms with Crippen LogP contribution >= 0.6 is 0 Å². The molecule has 0 unspecified atom stereocenters. The first kappa shape index (κ1) is 14.0.